The first kappa shape index (κ1) is 56.5. The summed E-state index contributed by atoms with van der Waals surface area (Å²) in [5, 5.41) is 21.7. The van der Waals surface area contributed by atoms with E-state index in [9.17, 15) is 10.2 Å². The molecule has 0 spiro atoms. The minimum Gasteiger partial charge on any atom is -0.504 e. The van der Waals surface area contributed by atoms with Crippen molar-refractivity contribution in [2.24, 2.45) is 9.98 Å². The van der Waals surface area contributed by atoms with Crippen LogP contribution >= 0.6 is 0 Å². The van der Waals surface area contributed by atoms with Crippen LogP contribution in [0.25, 0.3) is 10.8 Å². The summed E-state index contributed by atoms with van der Waals surface area (Å²) < 4.78 is 0. The van der Waals surface area contributed by atoms with Gasteiger partial charge in [-0.25, -0.2) is 0 Å². The van der Waals surface area contributed by atoms with E-state index in [0.29, 0.717) is 0 Å². The van der Waals surface area contributed by atoms with E-state index in [0.717, 1.165) is 92.3 Å². The number of nitrogens with zero attached hydrogens (tertiary/aromatic N) is 3. The summed E-state index contributed by atoms with van der Waals surface area (Å²) in [6, 6.07) is 21.8. The van der Waals surface area contributed by atoms with E-state index in [4.69, 9.17) is 9.98 Å². The smallest absolute Gasteiger partial charge is 0.165 e. The number of fused-ring (bicyclic) bond motifs is 1. The van der Waals surface area contributed by atoms with Gasteiger partial charge in [0.2, 0.25) is 0 Å². The number of benzene rings is 4. The first-order valence-electron chi connectivity index (χ1n) is 25.8. The van der Waals surface area contributed by atoms with Gasteiger partial charge < -0.3 is 15.1 Å². The molecule has 0 saturated heterocycles. The molecule has 0 heterocycles. The van der Waals surface area contributed by atoms with Crippen molar-refractivity contribution >= 4 is 39.3 Å². The van der Waals surface area contributed by atoms with Gasteiger partial charge in [0.05, 0.1) is 22.8 Å². The molecule has 2 N–H and O–H groups in total. The van der Waals surface area contributed by atoms with Crippen LogP contribution in [0.5, 0.6) is 11.5 Å². The minimum atomic E-state index is -0.0550. The van der Waals surface area contributed by atoms with Gasteiger partial charge in [0, 0.05) is 46.0 Å². The minimum absolute atomic E-state index is 0. The molecule has 0 radical (unpaired) electrons. The molecule has 0 aliphatic rings. The van der Waals surface area contributed by atoms with Gasteiger partial charge in [0.1, 0.15) is 0 Å². The van der Waals surface area contributed by atoms with Gasteiger partial charge in [0.25, 0.3) is 0 Å². The van der Waals surface area contributed by atoms with E-state index in [2.05, 4.69) is 110 Å². The van der Waals surface area contributed by atoms with Gasteiger partial charge in [-0.1, -0.05) is 118 Å². The van der Waals surface area contributed by atoms with Gasteiger partial charge in [0.15, 0.2) is 11.5 Å². The zero-order chi connectivity index (χ0) is 45.8. The summed E-state index contributed by atoms with van der Waals surface area (Å²) in [7, 11) is 0. The standard InChI is InChI=1S/C40H64N2.C18H25NO2.Ni/c1-7-13-19-20-26-40(42-38-30-28-34(22-15-9-3)36(32-38)24-17-11-5)39(25-18-12-6)41-37-29-27-33(21-14-8-2)35(31-37)23-16-10-4;1-4-7-8-13-11-15-14(9-10-17(20)18(15)21)16(12-13)19(5-2)6-3;/h27-32H,7-26H2,1-6H3;9-12,20-21H,4-8H2,1-3H3;. The van der Waals surface area contributed by atoms with Crippen molar-refractivity contribution in [1.29, 1.82) is 0 Å². The van der Waals surface area contributed by atoms with Crippen molar-refractivity contribution < 1.29 is 26.7 Å². The fourth-order valence-electron chi connectivity index (χ4n) is 8.49. The zero-order valence-corrected chi connectivity index (χ0v) is 43.0. The Balaban J connectivity index is 0.000000534. The van der Waals surface area contributed by atoms with Crippen molar-refractivity contribution in [2.45, 2.75) is 210 Å². The molecule has 5 nitrogen and oxygen atoms in total. The van der Waals surface area contributed by atoms with Crippen LogP contribution in [0.15, 0.2) is 70.6 Å². The molecule has 0 aliphatic carbocycles. The molecule has 4 aromatic rings. The average molecular weight is 919 g/mol. The fourth-order valence-corrected chi connectivity index (χ4v) is 8.49. The van der Waals surface area contributed by atoms with Gasteiger partial charge in [-0.3, -0.25) is 9.98 Å². The summed E-state index contributed by atoms with van der Waals surface area (Å²) in [4.78, 5) is 13.1. The van der Waals surface area contributed by atoms with E-state index >= 15 is 0 Å². The summed E-state index contributed by atoms with van der Waals surface area (Å²) >= 11 is 0. The second-order valence-corrected chi connectivity index (χ2v) is 17.8. The Kier molecular flexibility index (Phi) is 29.1. The van der Waals surface area contributed by atoms with Crippen LogP contribution in [-0.2, 0) is 48.6 Å². The summed E-state index contributed by atoms with van der Waals surface area (Å²) in [5.74, 6) is -0.0695. The third-order valence-electron chi connectivity index (χ3n) is 12.5. The van der Waals surface area contributed by atoms with Crippen LogP contribution in [-0.4, -0.2) is 34.7 Å². The van der Waals surface area contributed by atoms with Gasteiger partial charge >= 0.3 is 0 Å². The molecular weight excluding hydrogens is 829 g/mol. The second-order valence-electron chi connectivity index (χ2n) is 17.8. The molecule has 0 unspecified atom stereocenters. The van der Waals surface area contributed by atoms with Crippen LogP contribution < -0.4 is 4.90 Å². The molecule has 0 aliphatic heterocycles. The Morgan fingerprint density at radius 1 is 0.438 bits per heavy atom. The number of aliphatic imine (C=N–C) groups is 2. The van der Waals surface area contributed by atoms with E-state index < -0.39 is 0 Å². The van der Waals surface area contributed by atoms with Crippen molar-refractivity contribution in [3.63, 3.8) is 0 Å². The molecule has 4 rings (SSSR count). The van der Waals surface area contributed by atoms with Crippen molar-refractivity contribution in [3.8, 4) is 11.5 Å². The van der Waals surface area contributed by atoms with Crippen LogP contribution in [0.2, 0.25) is 0 Å². The number of phenols is 2. The summed E-state index contributed by atoms with van der Waals surface area (Å²) in [5.41, 5.74) is 13.1. The molecule has 4 aromatic carbocycles. The number of rotatable bonds is 29. The summed E-state index contributed by atoms with van der Waals surface area (Å²) in [6.07, 6.45) is 27.3. The maximum Gasteiger partial charge on any atom is 0.165 e. The predicted octanol–water partition coefficient (Wildman–Crippen LogP) is 17.5. The molecule has 0 amide bonds. The molecule has 0 saturated carbocycles. The van der Waals surface area contributed by atoms with E-state index in [1.807, 2.05) is 12.1 Å². The van der Waals surface area contributed by atoms with Crippen LogP contribution in [0.4, 0.5) is 17.1 Å². The van der Waals surface area contributed by atoms with Gasteiger partial charge in [-0.2, -0.15) is 0 Å². The zero-order valence-electron chi connectivity index (χ0n) is 42.0. The molecule has 6 heteroatoms. The number of aryl methyl sites for hydroxylation is 5. The molecule has 0 fully saturated rings. The fraction of sp³-hybridized carbons (Fsp3) is 0.586. The normalized spacial score (nSPS) is 11.7. The Labute approximate surface area is 402 Å². The molecule has 0 bridgehead atoms. The van der Waals surface area contributed by atoms with Crippen molar-refractivity contribution in [1.82, 2.24) is 0 Å². The SMILES string of the molecule is CCCCCCC(=Nc1ccc(CCCC)c(CCCC)c1)C(CCCC)=Nc1ccc(CCCC)c(CCCC)c1.CCCCc1cc(N(CC)CC)c2ccc(O)c(O)c2c1.[Ni]. The molecular formula is C58H89N3NiO2. The van der Waals surface area contributed by atoms with E-state index in [1.165, 1.54) is 136 Å². The van der Waals surface area contributed by atoms with E-state index in [-0.39, 0.29) is 28.0 Å². The Bertz CT molecular complexity index is 1960. The summed E-state index contributed by atoms with van der Waals surface area (Å²) in [6.45, 7) is 22.0. The van der Waals surface area contributed by atoms with Crippen LogP contribution in [0, 0.1) is 0 Å². The topological polar surface area (TPSA) is 68.4 Å². The number of anilines is 1. The number of hydrogen-bond acceptors (Lipinski definition) is 5. The largest absolute Gasteiger partial charge is 0.504 e. The Hall–Kier alpha value is -3.63. The molecule has 64 heavy (non-hydrogen) atoms. The van der Waals surface area contributed by atoms with E-state index in [1.54, 1.807) is 6.07 Å². The van der Waals surface area contributed by atoms with Crippen LogP contribution in [0.1, 0.15) is 206 Å². The maximum atomic E-state index is 10.2. The second kappa shape index (κ2) is 32.9. The van der Waals surface area contributed by atoms with Gasteiger partial charge in [-0.05, 0) is 180 Å². The Morgan fingerprint density at radius 3 is 1.36 bits per heavy atom. The first-order valence-corrected chi connectivity index (χ1v) is 25.8. The molecule has 358 valence electrons. The number of phenolic OH excluding ortho intramolecular Hbond substituents is 2. The van der Waals surface area contributed by atoms with Crippen LogP contribution in [0.3, 0.4) is 0 Å². The number of unbranched alkanes of at least 4 members (excludes halogenated alkanes) is 9. The van der Waals surface area contributed by atoms with Crippen molar-refractivity contribution in [3.05, 3.63) is 88.5 Å². The van der Waals surface area contributed by atoms with Crippen molar-refractivity contribution in [2.75, 3.05) is 18.0 Å². The first-order chi connectivity index (χ1) is 30.7. The monoisotopic (exact) mass is 918 g/mol. The quantitative estimate of drug-likeness (QED) is 0.0247. The average Bonchev–Trinajstić information content (AvgIpc) is 3.30. The number of aromatic hydroxyl groups is 2. The maximum absolute atomic E-state index is 10.2. The predicted molar refractivity (Wildman–Crippen MR) is 279 cm³/mol. The Morgan fingerprint density at radius 2 is 0.891 bits per heavy atom. The number of hydrogen-bond donors (Lipinski definition) is 2. The third kappa shape index (κ3) is 18.7. The van der Waals surface area contributed by atoms with Gasteiger partial charge in [-0.15, -0.1) is 0 Å². The molecule has 0 atom stereocenters. The molecule has 0 aromatic heterocycles. The third-order valence-corrected chi connectivity index (χ3v) is 12.5.